The predicted octanol–water partition coefficient (Wildman–Crippen LogP) is 17.8. The lowest BCUT2D eigenvalue weighted by Crippen LogP contribution is -2.10. The van der Waals surface area contributed by atoms with Crippen LogP contribution in [-0.2, 0) is 0 Å². The molecule has 0 aromatic heterocycles. The van der Waals surface area contributed by atoms with Crippen LogP contribution in [-0.4, -0.2) is 0 Å². The average molecular weight is 813 g/mol. The second-order valence-electron chi connectivity index (χ2n) is 17.0. The highest BCUT2D eigenvalue weighted by molar-refractivity contribution is 6.28. The van der Waals surface area contributed by atoms with Gasteiger partial charge in [-0.25, -0.2) is 0 Å². The molecule has 0 unspecified atom stereocenters. The lowest BCUT2D eigenvalue weighted by Gasteiger charge is -2.28. The summed E-state index contributed by atoms with van der Waals surface area (Å²) in [6.45, 7) is 0. The van der Waals surface area contributed by atoms with Crippen molar-refractivity contribution in [3.8, 4) is 11.1 Å². The van der Waals surface area contributed by atoms with Crippen LogP contribution in [0.15, 0.2) is 243 Å². The van der Waals surface area contributed by atoms with Gasteiger partial charge < -0.3 is 9.80 Å². The first-order chi connectivity index (χ1) is 31.7. The fourth-order valence-electron chi connectivity index (χ4n) is 10.2. The first kappa shape index (κ1) is 36.2. The van der Waals surface area contributed by atoms with Gasteiger partial charge in [0.2, 0.25) is 0 Å². The van der Waals surface area contributed by atoms with Crippen LogP contribution < -0.4 is 9.80 Å². The smallest absolute Gasteiger partial charge is 0.0540 e. The van der Waals surface area contributed by atoms with Gasteiger partial charge >= 0.3 is 0 Å². The van der Waals surface area contributed by atoms with E-state index in [-0.39, 0.29) is 0 Å². The summed E-state index contributed by atoms with van der Waals surface area (Å²) in [5.74, 6) is 0. The monoisotopic (exact) mass is 812 g/mol. The standard InChI is InChI=1S/C62H40N2/c1-5-13-48-37-53(29-17-41(48)9-1)63(54-30-18-42-10-2-6-14-49(42)38-54)52-27-21-45(22-28-52)57-33-23-46-25-35-59-60(36-26-47-24-34-58(57)61(46)62(47)59)64(55-31-19-43-11-3-7-15-50(43)39-55)56-32-20-44-12-4-8-16-51(44)40-56/h1-40H. The van der Waals surface area contributed by atoms with E-state index < -0.39 is 0 Å². The van der Waals surface area contributed by atoms with E-state index >= 15 is 0 Å². The molecule has 13 aromatic rings. The van der Waals surface area contributed by atoms with Crippen LogP contribution in [0.3, 0.4) is 0 Å². The summed E-state index contributed by atoms with van der Waals surface area (Å²) in [4.78, 5) is 4.83. The zero-order valence-electron chi connectivity index (χ0n) is 35.0. The number of benzene rings is 13. The van der Waals surface area contributed by atoms with Crippen molar-refractivity contribution >= 4 is 110 Å². The van der Waals surface area contributed by atoms with Gasteiger partial charge in [0.25, 0.3) is 0 Å². The van der Waals surface area contributed by atoms with Crippen LogP contribution in [0.25, 0.3) is 86.5 Å². The molecule has 0 heterocycles. The second-order valence-corrected chi connectivity index (χ2v) is 17.0. The molecule has 0 aliphatic heterocycles. The molecule has 0 saturated carbocycles. The van der Waals surface area contributed by atoms with Crippen LogP contribution in [0.1, 0.15) is 0 Å². The van der Waals surface area contributed by atoms with Gasteiger partial charge in [-0.1, -0.05) is 176 Å². The zero-order chi connectivity index (χ0) is 42.1. The zero-order valence-corrected chi connectivity index (χ0v) is 35.0. The van der Waals surface area contributed by atoms with E-state index in [0.29, 0.717) is 0 Å². The Labute approximate surface area is 371 Å². The molecule has 298 valence electrons. The summed E-state index contributed by atoms with van der Waals surface area (Å²) >= 11 is 0. The SMILES string of the molecule is c1ccc2cc(N(c3ccc(-c4ccc5ccc6c(N(c7ccc8ccccc8c7)c7ccc8ccccc8c7)ccc7ccc4c5c76)cc3)c3ccc4ccccc4c3)ccc2c1. The fourth-order valence-corrected chi connectivity index (χ4v) is 10.2. The lowest BCUT2D eigenvalue weighted by molar-refractivity contribution is 1.29. The summed E-state index contributed by atoms with van der Waals surface area (Å²) in [6.07, 6.45) is 0. The Morgan fingerprint density at radius 3 is 1.03 bits per heavy atom. The number of anilines is 6. The Balaban J connectivity index is 0.958. The van der Waals surface area contributed by atoms with Crippen molar-refractivity contribution in [1.29, 1.82) is 0 Å². The molecule has 0 atom stereocenters. The maximum atomic E-state index is 2.45. The minimum Gasteiger partial charge on any atom is -0.310 e. The lowest BCUT2D eigenvalue weighted by atomic mass is 9.89. The normalized spacial score (nSPS) is 11.8. The molecule has 64 heavy (non-hydrogen) atoms. The Kier molecular flexibility index (Phi) is 8.25. The van der Waals surface area contributed by atoms with Crippen LogP contribution >= 0.6 is 0 Å². The molecule has 0 aliphatic carbocycles. The fraction of sp³-hybridized carbons (Fsp3) is 0. The first-order valence-electron chi connectivity index (χ1n) is 22.1. The maximum absolute atomic E-state index is 2.45. The molecule has 0 fully saturated rings. The maximum Gasteiger partial charge on any atom is 0.0540 e. The minimum atomic E-state index is 1.11. The van der Waals surface area contributed by atoms with Crippen LogP contribution in [0, 0.1) is 0 Å². The van der Waals surface area contributed by atoms with Crippen molar-refractivity contribution in [1.82, 2.24) is 0 Å². The largest absolute Gasteiger partial charge is 0.310 e. The van der Waals surface area contributed by atoms with E-state index in [1.165, 1.54) is 86.5 Å². The van der Waals surface area contributed by atoms with E-state index in [2.05, 4.69) is 252 Å². The molecule has 0 aliphatic rings. The number of nitrogens with zero attached hydrogens (tertiary/aromatic N) is 2. The van der Waals surface area contributed by atoms with Crippen molar-refractivity contribution in [2.45, 2.75) is 0 Å². The number of hydrogen-bond acceptors (Lipinski definition) is 2. The molecule has 0 saturated heterocycles. The highest BCUT2D eigenvalue weighted by Gasteiger charge is 2.21. The van der Waals surface area contributed by atoms with Crippen LogP contribution in [0.4, 0.5) is 34.1 Å². The predicted molar refractivity (Wildman–Crippen MR) is 275 cm³/mol. The summed E-state index contributed by atoms with van der Waals surface area (Å²) in [5.41, 5.74) is 9.19. The molecular formula is C62H40N2. The molecule has 0 spiro atoms. The quantitative estimate of drug-likeness (QED) is 0.148. The van der Waals surface area contributed by atoms with Crippen molar-refractivity contribution in [3.05, 3.63) is 243 Å². The topological polar surface area (TPSA) is 6.48 Å². The Morgan fingerprint density at radius 2 is 0.562 bits per heavy atom. The average Bonchev–Trinajstić information content (AvgIpc) is 3.36. The highest BCUT2D eigenvalue weighted by atomic mass is 15.1. The minimum absolute atomic E-state index is 1.11. The third kappa shape index (κ3) is 5.95. The van der Waals surface area contributed by atoms with Crippen molar-refractivity contribution in [2.24, 2.45) is 0 Å². The Bertz CT molecular complexity index is 3760. The highest BCUT2D eigenvalue weighted by Crippen LogP contribution is 2.47. The summed E-state index contributed by atoms with van der Waals surface area (Å²) in [7, 11) is 0. The van der Waals surface area contributed by atoms with E-state index in [1.54, 1.807) is 0 Å². The molecule has 13 aromatic carbocycles. The van der Waals surface area contributed by atoms with Crippen LogP contribution in [0.5, 0.6) is 0 Å². The van der Waals surface area contributed by atoms with Gasteiger partial charge in [-0.3, -0.25) is 0 Å². The molecule has 2 nitrogen and oxygen atoms in total. The number of fused-ring (bicyclic) bond motifs is 4. The molecule has 13 rings (SSSR count). The summed E-state index contributed by atoms with van der Waals surface area (Å²) in [6, 6.07) is 89.3. The van der Waals surface area contributed by atoms with Crippen molar-refractivity contribution < 1.29 is 0 Å². The van der Waals surface area contributed by atoms with Crippen molar-refractivity contribution in [3.63, 3.8) is 0 Å². The van der Waals surface area contributed by atoms with E-state index in [0.717, 1.165) is 34.1 Å². The molecule has 0 N–H and O–H groups in total. The molecule has 2 heteroatoms. The number of hydrogen-bond donors (Lipinski definition) is 0. The molecular weight excluding hydrogens is 773 g/mol. The van der Waals surface area contributed by atoms with Gasteiger partial charge in [0.05, 0.1) is 5.69 Å². The second kappa shape index (κ2) is 14.6. The molecule has 0 bridgehead atoms. The summed E-state index contributed by atoms with van der Waals surface area (Å²) in [5, 5.41) is 17.4. The van der Waals surface area contributed by atoms with Crippen LogP contribution in [0.2, 0.25) is 0 Å². The van der Waals surface area contributed by atoms with Gasteiger partial charge in [-0.2, -0.15) is 0 Å². The van der Waals surface area contributed by atoms with Gasteiger partial charge in [0.1, 0.15) is 0 Å². The van der Waals surface area contributed by atoms with Gasteiger partial charge in [-0.05, 0) is 148 Å². The van der Waals surface area contributed by atoms with E-state index in [4.69, 9.17) is 0 Å². The Morgan fingerprint density at radius 1 is 0.219 bits per heavy atom. The van der Waals surface area contributed by atoms with Gasteiger partial charge in [0, 0.05) is 33.8 Å². The van der Waals surface area contributed by atoms with Gasteiger partial charge in [0.15, 0.2) is 0 Å². The third-order valence-electron chi connectivity index (χ3n) is 13.3. The molecule has 0 radical (unpaired) electrons. The summed E-state index contributed by atoms with van der Waals surface area (Å²) < 4.78 is 0. The van der Waals surface area contributed by atoms with E-state index in [9.17, 15) is 0 Å². The molecule has 0 amide bonds. The number of rotatable bonds is 7. The van der Waals surface area contributed by atoms with E-state index in [1.807, 2.05) is 0 Å². The first-order valence-corrected chi connectivity index (χ1v) is 22.1. The van der Waals surface area contributed by atoms with Gasteiger partial charge in [-0.15, -0.1) is 0 Å². The third-order valence-corrected chi connectivity index (χ3v) is 13.3. The Hall–Kier alpha value is -8.46. The van der Waals surface area contributed by atoms with Crippen molar-refractivity contribution in [2.75, 3.05) is 9.80 Å².